The van der Waals surface area contributed by atoms with Crippen LogP contribution < -0.4 is 15.8 Å². The molecule has 0 radical (unpaired) electrons. The molecule has 0 atom stereocenters. The smallest absolute Gasteiger partial charge is 0.404 e. The summed E-state index contributed by atoms with van der Waals surface area (Å²) in [6, 6.07) is 1.30. The first-order valence-electron chi connectivity index (χ1n) is 6.18. The molecule has 0 aliphatic heterocycles. The van der Waals surface area contributed by atoms with Crippen LogP contribution in [0.5, 0.6) is 0 Å². The number of anilines is 1. The van der Waals surface area contributed by atoms with Gasteiger partial charge >= 0.3 is 6.09 Å². The van der Waals surface area contributed by atoms with Gasteiger partial charge in [0.2, 0.25) is 10.0 Å². The Hall–Kier alpha value is -1.58. The second kappa shape index (κ2) is 8.01. The fourth-order valence-corrected chi connectivity index (χ4v) is 2.63. The number of hydrogen-bond donors (Lipinski definition) is 3. The van der Waals surface area contributed by atoms with Gasteiger partial charge in [0.1, 0.15) is 17.3 Å². The molecule has 1 aromatic heterocycles. The van der Waals surface area contributed by atoms with Crippen LogP contribution in [-0.4, -0.2) is 39.2 Å². The van der Waals surface area contributed by atoms with Crippen LogP contribution in [0.25, 0.3) is 0 Å². The number of ether oxygens (including phenoxy) is 1. The first-order valence-corrected chi connectivity index (χ1v) is 8.04. The van der Waals surface area contributed by atoms with E-state index in [-0.39, 0.29) is 23.1 Å². The van der Waals surface area contributed by atoms with Gasteiger partial charge in [-0.2, -0.15) is 0 Å². The van der Waals surface area contributed by atoms with Crippen molar-refractivity contribution in [1.29, 1.82) is 0 Å². The van der Waals surface area contributed by atoms with E-state index in [2.05, 4.69) is 19.8 Å². The van der Waals surface area contributed by atoms with E-state index in [1.165, 1.54) is 12.3 Å². The van der Waals surface area contributed by atoms with Gasteiger partial charge in [0.05, 0.1) is 5.02 Å². The van der Waals surface area contributed by atoms with Crippen LogP contribution in [0.15, 0.2) is 17.2 Å². The highest BCUT2D eigenvalue weighted by molar-refractivity contribution is 7.89. The summed E-state index contributed by atoms with van der Waals surface area (Å²) in [6.07, 6.45) is 1.12. The number of pyridine rings is 1. The van der Waals surface area contributed by atoms with Crippen LogP contribution in [0, 0.1) is 0 Å². The second-order valence-electron chi connectivity index (χ2n) is 3.99. The van der Waals surface area contributed by atoms with Crippen molar-refractivity contribution < 1.29 is 17.9 Å². The minimum Gasteiger partial charge on any atom is -0.448 e. The molecule has 0 unspecified atom stereocenters. The van der Waals surface area contributed by atoms with Crippen molar-refractivity contribution in [3.05, 3.63) is 17.3 Å². The lowest BCUT2D eigenvalue weighted by atomic mass is 10.4. The predicted molar refractivity (Wildman–Crippen MR) is 78.8 cm³/mol. The first-order chi connectivity index (χ1) is 9.86. The fourth-order valence-electron chi connectivity index (χ4n) is 1.35. The van der Waals surface area contributed by atoms with Crippen molar-refractivity contribution in [2.45, 2.75) is 18.2 Å². The topological polar surface area (TPSA) is 123 Å². The molecule has 1 heterocycles. The molecule has 10 heteroatoms. The Morgan fingerprint density at radius 2 is 2.19 bits per heavy atom. The zero-order valence-corrected chi connectivity index (χ0v) is 13.0. The van der Waals surface area contributed by atoms with Gasteiger partial charge in [0.25, 0.3) is 0 Å². The molecule has 0 saturated carbocycles. The van der Waals surface area contributed by atoms with Crippen molar-refractivity contribution in [2.24, 2.45) is 5.73 Å². The lowest BCUT2D eigenvalue weighted by Crippen LogP contribution is -2.29. The molecular formula is C11H17ClN4O4S. The number of aromatic nitrogens is 1. The van der Waals surface area contributed by atoms with Gasteiger partial charge < -0.3 is 15.8 Å². The summed E-state index contributed by atoms with van der Waals surface area (Å²) in [5, 5.41) is 3.18. The highest BCUT2D eigenvalue weighted by Crippen LogP contribution is 2.22. The maximum atomic E-state index is 12.0. The third-order valence-electron chi connectivity index (χ3n) is 2.31. The Balaban J connectivity index is 2.70. The molecule has 1 aromatic rings. The molecule has 0 bridgehead atoms. The van der Waals surface area contributed by atoms with E-state index >= 15 is 0 Å². The average molecular weight is 337 g/mol. The number of sulfonamides is 1. The van der Waals surface area contributed by atoms with Gasteiger partial charge in [0.15, 0.2) is 0 Å². The number of carbonyl (C=O) groups is 1. The summed E-state index contributed by atoms with van der Waals surface area (Å²) in [6.45, 7) is 2.41. The maximum Gasteiger partial charge on any atom is 0.404 e. The van der Waals surface area contributed by atoms with Gasteiger partial charge in [-0.15, -0.1) is 0 Å². The maximum absolute atomic E-state index is 12.0. The van der Waals surface area contributed by atoms with Crippen molar-refractivity contribution in [1.82, 2.24) is 9.71 Å². The summed E-state index contributed by atoms with van der Waals surface area (Å²) in [5.74, 6) is 0.425. The lowest BCUT2D eigenvalue weighted by Gasteiger charge is -2.09. The summed E-state index contributed by atoms with van der Waals surface area (Å²) in [7, 11) is -3.77. The van der Waals surface area contributed by atoms with Gasteiger partial charge in [-0.25, -0.2) is 22.9 Å². The Morgan fingerprint density at radius 1 is 1.48 bits per heavy atom. The van der Waals surface area contributed by atoms with Gasteiger partial charge in [-0.3, -0.25) is 0 Å². The predicted octanol–water partition coefficient (Wildman–Crippen LogP) is 0.930. The molecule has 0 fully saturated rings. The molecule has 8 nitrogen and oxygen atoms in total. The summed E-state index contributed by atoms with van der Waals surface area (Å²) in [5.41, 5.74) is 4.76. The van der Waals surface area contributed by atoms with E-state index in [1.54, 1.807) is 0 Å². The van der Waals surface area contributed by atoms with Gasteiger partial charge in [-0.1, -0.05) is 18.5 Å². The molecule has 0 aromatic carbocycles. The number of nitrogens with one attached hydrogen (secondary N) is 2. The Bertz CT molecular complexity index is 594. The van der Waals surface area contributed by atoms with Crippen molar-refractivity contribution >= 4 is 33.5 Å². The zero-order chi connectivity index (χ0) is 15.9. The standard InChI is InChI=1S/C11H17ClN4O4S/c1-2-3-14-10-9(12)6-8(7-15-10)21(18,19)16-4-5-20-11(13)17/h6-7,16H,2-5H2,1H3,(H2,13,17)(H,14,15). The van der Waals surface area contributed by atoms with Gasteiger partial charge in [0, 0.05) is 19.3 Å². The van der Waals surface area contributed by atoms with Crippen molar-refractivity contribution in [2.75, 3.05) is 25.0 Å². The van der Waals surface area contributed by atoms with Crippen LogP contribution in [0.3, 0.4) is 0 Å². The molecule has 0 aliphatic rings. The summed E-state index contributed by atoms with van der Waals surface area (Å²) >= 11 is 5.97. The SMILES string of the molecule is CCCNc1ncc(S(=O)(=O)NCCOC(N)=O)cc1Cl. The quantitative estimate of drug-likeness (QED) is 0.607. The number of nitrogens with two attached hydrogens (primary N) is 1. The van der Waals surface area contributed by atoms with Crippen LogP contribution >= 0.6 is 11.6 Å². The molecular weight excluding hydrogens is 320 g/mol. The second-order valence-corrected chi connectivity index (χ2v) is 6.17. The number of hydrogen-bond acceptors (Lipinski definition) is 6. The number of amides is 1. The van der Waals surface area contributed by atoms with E-state index < -0.39 is 16.1 Å². The number of carbonyl (C=O) groups excluding carboxylic acids is 1. The van der Waals surface area contributed by atoms with E-state index in [9.17, 15) is 13.2 Å². The summed E-state index contributed by atoms with van der Waals surface area (Å²) < 4.78 is 30.6. The minimum absolute atomic E-state index is 0.0753. The Labute approximate surface area is 128 Å². The normalized spacial score (nSPS) is 11.1. The fraction of sp³-hybridized carbons (Fsp3) is 0.455. The zero-order valence-electron chi connectivity index (χ0n) is 11.4. The monoisotopic (exact) mass is 336 g/mol. The molecule has 118 valence electrons. The van der Waals surface area contributed by atoms with E-state index in [0.717, 1.165) is 6.42 Å². The van der Waals surface area contributed by atoms with E-state index in [1.807, 2.05) is 6.92 Å². The Kier molecular flexibility index (Phi) is 6.66. The molecule has 1 rings (SSSR count). The van der Waals surface area contributed by atoms with Crippen LogP contribution in [0.4, 0.5) is 10.6 Å². The molecule has 1 amide bonds. The molecule has 0 saturated heterocycles. The third kappa shape index (κ3) is 5.74. The number of halogens is 1. The van der Waals surface area contributed by atoms with Gasteiger partial charge in [-0.05, 0) is 12.5 Å². The van der Waals surface area contributed by atoms with E-state index in [4.69, 9.17) is 17.3 Å². The molecule has 0 aliphatic carbocycles. The number of nitrogens with zero attached hydrogens (tertiary/aromatic N) is 1. The number of primary amides is 1. The highest BCUT2D eigenvalue weighted by atomic mass is 35.5. The van der Waals surface area contributed by atoms with Crippen LogP contribution in [0.2, 0.25) is 5.02 Å². The molecule has 21 heavy (non-hydrogen) atoms. The summed E-state index contributed by atoms with van der Waals surface area (Å²) in [4.78, 5) is 14.2. The Morgan fingerprint density at radius 3 is 2.76 bits per heavy atom. The van der Waals surface area contributed by atoms with Crippen molar-refractivity contribution in [3.63, 3.8) is 0 Å². The van der Waals surface area contributed by atoms with Crippen LogP contribution in [0.1, 0.15) is 13.3 Å². The largest absolute Gasteiger partial charge is 0.448 e. The molecule has 0 spiro atoms. The third-order valence-corrected chi connectivity index (χ3v) is 4.02. The lowest BCUT2D eigenvalue weighted by molar-refractivity contribution is 0.159. The van der Waals surface area contributed by atoms with Crippen LogP contribution in [-0.2, 0) is 14.8 Å². The first kappa shape index (κ1) is 17.5. The van der Waals surface area contributed by atoms with Crippen molar-refractivity contribution in [3.8, 4) is 0 Å². The average Bonchev–Trinajstić information content (AvgIpc) is 2.42. The molecule has 4 N–H and O–H groups in total. The number of rotatable bonds is 8. The minimum atomic E-state index is -3.77. The highest BCUT2D eigenvalue weighted by Gasteiger charge is 2.16. The van der Waals surface area contributed by atoms with E-state index in [0.29, 0.717) is 12.4 Å².